The predicted molar refractivity (Wildman–Crippen MR) is 81.4 cm³/mol. The summed E-state index contributed by atoms with van der Waals surface area (Å²) in [5, 5.41) is 0.872. The van der Waals surface area contributed by atoms with Crippen LogP contribution in [0, 0.1) is 0 Å². The van der Waals surface area contributed by atoms with Crippen molar-refractivity contribution in [1.82, 2.24) is 4.57 Å². The average molecular weight is 322 g/mol. The van der Waals surface area contributed by atoms with E-state index in [1.165, 1.54) is 4.57 Å². The van der Waals surface area contributed by atoms with E-state index in [0.29, 0.717) is 26.7 Å². The third-order valence-corrected chi connectivity index (χ3v) is 3.89. The van der Waals surface area contributed by atoms with Gasteiger partial charge in [-0.2, -0.15) is 0 Å². The Balaban J connectivity index is 2.10. The van der Waals surface area contributed by atoms with Crippen molar-refractivity contribution >= 4 is 40.6 Å². The van der Waals surface area contributed by atoms with Crippen LogP contribution >= 0.6 is 23.2 Å². The van der Waals surface area contributed by atoms with E-state index in [4.69, 9.17) is 27.6 Å². The van der Waals surface area contributed by atoms with Crippen molar-refractivity contribution in [3.63, 3.8) is 0 Å². The number of fused-ring (bicyclic) bond motifs is 1. The van der Waals surface area contributed by atoms with Crippen molar-refractivity contribution < 1.29 is 9.21 Å². The van der Waals surface area contributed by atoms with Crippen LogP contribution < -0.4 is 5.76 Å². The molecule has 0 saturated heterocycles. The summed E-state index contributed by atoms with van der Waals surface area (Å²) < 4.78 is 6.60. The lowest BCUT2D eigenvalue weighted by Crippen LogP contribution is -2.14. The molecule has 0 atom stereocenters. The molecule has 6 heteroatoms. The van der Waals surface area contributed by atoms with Gasteiger partial charge in [0, 0.05) is 5.56 Å². The van der Waals surface area contributed by atoms with Crippen molar-refractivity contribution in [2.75, 3.05) is 0 Å². The van der Waals surface area contributed by atoms with E-state index in [9.17, 15) is 9.59 Å². The Labute approximate surface area is 129 Å². The van der Waals surface area contributed by atoms with E-state index in [1.807, 2.05) is 0 Å². The molecule has 0 saturated carbocycles. The largest absolute Gasteiger partial charge is 0.420 e. The Morgan fingerprint density at radius 3 is 2.62 bits per heavy atom. The summed E-state index contributed by atoms with van der Waals surface area (Å²) >= 11 is 11.8. The highest BCUT2D eigenvalue weighted by molar-refractivity contribution is 6.42. The van der Waals surface area contributed by atoms with Gasteiger partial charge in [-0.15, -0.1) is 0 Å². The van der Waals surface area contributed by atoms with Crippen LogP contribution in [0.1, 0.15) is 15.9 Å². The van der Waals surface area contributed by atoms with Crippen LogP contribution in [0.3, 0.4) is 0 Å². The first-order valence-electron chi connectivity index (χ1n) is 6.11. The number of carbonyl (C=O) groups is 1. The molecule has 3 aromatic rings. The van der Waals surface area contributed by atoms with Gasteiger partial charge in [-0.25, -0.2) is 4.79 Å². The van der Waals surface area contributed by atoms with Gasteiger partial charge >= 0.3 is 5.76 Å². The number of halogens is 2. The summed E-state index contributed by atoms with van der Waals surface area (Å²) in [6, 6.07) is 9.96. The zero-order valence-corrected chi connectivity index (χ0v) is 12.2. The fourth-order valence-corrected chi connectivity index (χ4v) is 2.44. The summed E-state index contributed by atoms with van der Waals surface area (Å²) in [6.07, 6.45) is 0.723. The minimum Gasteiger partial charge on any atom is -0.408 e. The second-order valence-corrected chi connectivity index (χ2v) is 5.36. The summed E-state index contributed by atoms with van der Waals surface area (Å²) in [4.78, 5) is 22.8. The molecule has 0 N–H and O–H groups in total. The lowest BCUT2D eigenvalue weighted by molar-refractivity contribution is 0.112. The quantitative estimate of drug-likeness (QED) is 0.690. The van der Waals surface area contributed by atoms with Crippen LogP contribution in [0.4, 0.5) is 0 Å². The third-order valence-electron chi connectivity index (χ3n) is 3.15. The number of rotatable bonds is 3. The number of carbonyl (C=O) groups excluding carboxylic acids is 1. The Kier molecular flexibility index (Phi) is 3.57. The molecule has 106 valence electrons. The standard InChI is InChI=1S/C15H9Cl2NO3/c16-11-3-1-9(5-12(11)17)7-18-13-6-10(8-19)2-4-14(13)21-15(18)20/h1-6,8H,7H2. The van der Waals surface area contributed by atoms with E-state index in [0.717, 1.165) is 11.8 Å². The van der Waals surface area contributed by atoms with Gasteiger partial charge in [0.2, 0.25) is 0 Å². The highest BCUT2D eigenvalue weighted by Gasteiger charge is 2.11. The zero-order valence-electron chi connectivity index (χ0n) is 10.7. The molecule has 0 fully saturated rings. The van der Waals surface area contributed by atoms with Crippen LogP contribution in [0.25, 0.3) is 11.1 Å². The molecule has 21 heavy (non-hydrogen) atoms. The summed E-state index contributed by atoms with van der Waals surface area (Å²) in [5.41, 5.74) is 2.29. The summed E-state index contributed by atoms with van der Waals surface area (Å²) in [5.74, 6) is -0.487. The zero-order chi connectivity index (χ0) is 15.0. The Bertz CT molecular complexity index is 896. The summed E-state index contributed by atoms with van der Waals surface area (Å²) in [6.45, 7) is 0.283. The predicted octanol–water partition coefficient (Wildman–Crippen LogP) is 3.76. The molecule has 4 nitrogen and oxygen atoms in total. The first-order chi connectivity index (χ1) is 10.1. The molecule has 0 radical (unpaired) electrons. The number of hydrogen-bond donors (Lipinski definition) is 0. The van der Waals surface area contributed by atoms with Gasteiger partial charge in [-0.3, -0.25) is 9.36 Å². The molecule has 3 rings (SSSR count). The van der Waals surface area contributed by atoms with Gasteiger partial charge in [0.15, 0.2) is 5.58 Å². The molecule has 0 aliphatic rings. The maximum Gasteiger partial charge on any atom is 0.420 e. The third kappa shape index (κ3) is 2.60. The van der Waals surface area contributed by atoms with Gasteiger partial charge in [0.05, 0.1) is 22.1 Å². The molecule has 0 aliphatic carbocycles. The fraction of sp³-hybridized carbons (Fsp3) is 0.0667. The highest BCUT2D eigenvalue weighted by atomic mass is 35.5. The lowest BCUT2D eigenvalue weighted by Gasteiger charge is -2.04. The van der Waals surface area contributed by atoms with Crippen LogP contribution in [0.15, 0.2) is 45.6 Å². The van der Waals surface area contributed by atoms with Crippen molar-refractivity contribution in [2.24, 2.45) is 0 Å². The van der Waals surface area contributed by atoms with Crippen LogP contribution in [0.5, 0.6) is 0 Å². The Morgan fingerprint density at radius 1 is 1.10 bits per heavy atom. The molecule has 0 unspecified atom stereocenters. The molecular formula is C15H9Cl2NO3. The smallest absolute Gasteiger partial charge is 0.408 e. The minimum atomic E-state index is -0.487. The van der Waals surface area contributed by atoms with Crippen molar-refractivity contribution in [2.45, 2.75) is 6.54 Å². The maximum absolute atomic E-state index is 11.9. The fourth-order valence-electron chi connectivity index (χ4n) is 2.12. The maximum atomic E-state index is 11.9. The molecule has 2 aromatic carbocycles. The second kappa shape index (κ2) is 5.39. The normalized spacial score (nSPS) is 11.0. The number of aldehydes is 1. The molecule has 1 aromatic heterocycles. The first-order valence-corrected chi connectivity index (χ1v) is 6.86. The molecule has 0 aliphatic heterocycles. The van der Waals surface area contributed by atoms with E-state index >= 15 is 0 Å². The molecule has 0 bridgehead atoms. The Morgan fingerprint density at radius 2 is 1.90 bits per heavy atom. The van der Waals surface area contributed by atoms with Crippen molar-refractivity contribution in [3.05, 3.63) is 68.1 Å². The second-order valence-electron chi connectivity index (χ2n) is 4.55. The van der Waals surface area contributed by atoms with E-state index in [1.54, 1.807) is 36.4 Å². The average Bonchev–Trinajstić information content (AvgIpc) is 2.78. The summed E-state index contributed by atoms with van der Waals surface area (Å²) in [7, 11) is 0. The Hall–Kier alpha value is -2.04. The van der Waals surface area contributed by atoms with Gasteiger partial charge in [-0.1, -0.05) is 29.3 Å². The first kappa shape index (κ1) is 13.9. The van der Waals surface area contributed by atoms with Gasteiger partial charge < -0.3 is 4.42 Å². The number of oxazole rings is 1. The molecule has 1 heterocycles. The van der Waals surface area contributed by atoms with Crippen molar-refractivity contribution in [1.29, 1.82) is 0 Å². The van der Waals surface area contributed by atoms with Gasteiger partial charge in [0.25, 0.3) is 0 Å². The number of aromatic nitrogens is 1. The van der Waals surface area contributed by atoms with E-state index < -0.39 is 5.76 Å². The lowest BCUT2D eigenvalue weighted by atomic mass is 10.2. The minimum absolute atomic E-state index is 0.283. The van der Waals surface area contributed by atoms with Crippen molar-refractivity contribution in [3.8, 4) is 0 Å². The van der Waals surface area contributed by atoms with Crippen LogP contribution in [-0.4, -0.2) is 10.9 Å². The van der Waals surface area contributed by atoms with Crippen LogP contribution in [0.2, 0.25) is 10.0 Å². The van der Waals surface area contributed by atoms with Crippen LogP contribution in [-0.2, 0) is 6.54 Å². The topological polar surface area (TPSA) is 52.2 Å². The number of benzene rings is 2. The highest BCUT2D eigenvalue weighted by Crippen LogP contribution is 2.23. The molecule has 0 spiro atoms. The SMILES string of the molecule is O=Cc1ccc2oc(=O)n(Cc3ccc(Cl)c(Cl)c3)c2c1. The van der Waals surface area contributed by atoms with Gasteiger partial charge in [-0.05, 0) is 35.9 Å². The molecular weight excluding hydrogens is 313 g/mol. The van der Waals surface area contributed by atoms with E-state index in [2.05, 4.69) is 0 Å². The number of nitrogens with zero attached hydrogens (tertiary/aromatic N) is 1. The molecule has 0 amide bonds. The monoisotopic (exact) mass is 321 g/mol. The number of hydrogen-bond acceptors (Lipinski definition) is 3. The van der Waals surface area contributed by atoms with Gasteiger partial charge in [0.1, 0.15) is 6.29 Å². The van der Waals surface area contributed by atoms with E-state index in [-0.39, 0.29) is 6.54 Å².